The summed E-state index contributed by atoms with van der Waals surface area (Å²) in [5, 5.41) is 3.53. The molecule has 0 spiro atoms. The van der Waals surface area contributed by atoms with Gasteiger partial charge in [0.1, 0.15) is 23.9 Å². The topological polar surface area (TPSA) is 56.8 Å². The van der Waals surface area contributed by atoms with Crippen LogP contribution in [0.4, 0.5) is 5.69 Å². The van der Waals surface area contributed by atoms with Gasteiger partial charge in [-0.25, -0.2) is 0 Å². The average molecular weight is 474 g/mol. The Balaban J connectivity index is 1.52. The molecule has 4 aromatic carbocycles. The molecule has 0 unspecified atom stereocenters. The van der Waals surface area contributed by atoms with Crippen LogP contribution in [-0.2, 0) is 6.61 Å². The summed E-state index contributed by atoms with van der Waals surface area (Å²) in [7, 11) is 0. The predicted molar refractivity (Wildman–Crippen MR) is 134 cm³/mol. The molecular weight excluding hydrogens is 450 g/mol. The van der Waals surface area contributed by atoms with Crippen LogP contribution < -0.4 is 19.5 Å². The van der Waals surface area contributed by atoms with Gasteiger partial charge in [-0.1, -0.05) is 48.0 Å². The summed E-state index contributed by atoms with van der Waals surface area (Å²) >= 11 is 6.05. The standard InChI is InChI=1S/C28H24ClNO4/c1-2-32-26-16-15-20(17-21(26)19-33-24-12-8-9-22(29)18-24)28(31)30-25-13-6-7-14-27(25)34-23-10-4-3-5-11-23/h3-18H,2,19H2,1H3,(H,30,31). The minimum Gasteiger partial charge on any atom is -0.493 e. The summed E-state index contributed by atoms with van der Waals surface area (Å²) in [6.07, 6.45) is 0. The number of hydrogen-bond donors (Lipinski definition) is 1. The van der Waals surface area contributed by atoms with E-state index in [0.717, 1.165) is 5.56 Å². The number of halogens is 1. The summed E-state index contributed by atoms with van der Waals surface area (Å²) < 4.78 is 17.6. The van der Waals surface area contributed by atoms with Gasteiger partial charge >= 0.3 is 0 Å². The number of ether oxygens (including phenoxy) is 3. The Labute approximate surface area is 203 Å². The van der Waals surface area contributed by atoms with E-state index in [1.54, 1.807) is 36.4 Å². The van der Waals surface area contributed by atoms with Gasteiger partial charge < -0.3 is 19.5 Å². The highest BCUT2D eigenvalue weighted by Crippen LogP contribution is 2.30. The molecule has 0 aliphatic carbocycles. The molecule has 4 aromatic rings. The average Bonchev–Trinajstić information content (AvgIpc) is 2.85. The molecule has 5 nitrogen and oxygen atoms in total. The Hall–Kier alpha value is -3.96. The number of anilines is 1. The highest BCUT2D eigenvalue weighted by atomic mass is 35.5. The SMILES string of the molecule is CCOc1ccc(C(=O)Nc2ccccc2Oc2ccccc2)cc1COc1cccc(Cl)c1. The van der Waals surface area contributed by atoms with E-state index in [2.05, 4.69) is 5.32 Å². The summed E-state index contributed by atoms with van der Waals surface area (Å²) in [5.41, 5.74) is 1.80. The Morgan fingerprint density at radius 2 is 1.56 bits per heavy atom. The Morgan fingerprint density at radius 1 is 0.794 bits per heavy atom. The van der Waals surface area contributed by atoms with Gasteiger partial charge in [0, 0.05) is 16.1 Å². The number of hydrogen-bond acceptors (Lipinski definition) is 4. The molecular formula is C28H24ClNO4. The molecule has 0 aromatic heterocycles. The zero-order valence-electron chi connectivity index (χ0n) is 18.7. The van der Waals surface area contributed by atoms with Gasteiger partial charge in [0.15, 0.2) is 5.75 Å². The second kappa shape index (κ2) is 11.3. The third-order valence-electron chi connectivity index (χ3n) is 4.92. The van der Waals surface area contributed by atoms with Gasteiger partial charge in [-0.05, 0) is 67.6 Å². The van der Waals surface area contributed by atoms with E-state index >= 15 is 0 Å². The van der Waals surface area contributed by atoms with Crippen LogP contribution in [0.1, 0.15) is 22.8 Å². The fourth-order valence-electron chi connectivity index (χ4n) is 3.32. The van der Waals surface area contributed by atoms with Crippen LogP contribution in [0, 0.1) is 0 Å². The summed E-state index contributed by atoms with van der Waals surface area (Å²) in [5.74, 6) is 2.27. The quantitative estimate of drug-likeness (QED) is 0.276. The first kappa shape index (κ1) is 23.2. The van der Waals surface area contributed by atoms with E-state index < -0.39 is 0 Å². The number of amides is 1. The molecule has 1 N–H and O–H groups in total. The zero-order valence-corrected chi connectivity index (χ0v) is 19.4. The maximum absolute atomic E-state index is 13.1. The van der Waals surface area contributed by atoms with Crippen LogP contribution in [0.25, 0.3) is 0 Å². The molecule has 0 saturated carbocycles. The third kappa shape index (κ3) is 6.09. The molecule has 6 heteroatoms. The van der Waals surface area contributed by atoms with Gasteiger partial charge in [0.05, 0.1) is 12.3 Å². The number of carbonyl (C=O) groups is 1. The fraction of sp³-hybridized carbons (Fsp3) is 0.107. The molecule has 0 aliphatic heterocycles. The van der Waals surface area contributed by atoms with Gasteiger partial charge in [-0.15, -0.1) is 0 Å². The van der Waals surface area contributed by atoms with E-state index in [-0.39, 0.29) is 12.5 Å². The first-order valence-electron chi connectivity index (χ1n) is 10.9. The van der Waals surface area contributed by atoms with Crippen molar-refractivity contribution in [1.82, 2.24) is 0 Å². The summed E-state index contributed by atoms with van der Waals surface area (Å²) in [4.78, 5) is 13.1. The molecule has 0 radical (unpaired) electrons. The van der Waals surface area contributed by atoms with Crippen LogP contribution in [0.2, 0.25) is 5.02 Å². The number of benzene rings is 4. The first-order valence-corrected chi connectivity index (χ1v) is 11.3. The highest BCUT2D eigenvalue weighted by Gasteiger charge is 2.14. The van der Waals surface area contributed by atoms with Crippen LogP contribution in [0.15, 0.2) is 97.1 Å². The lowest BCUT2D eigenvalue weighted by Gasteiger charge is -2.15. The lowest BCUT2D eigenvalue weighted by atomic mass is 10.1. The van der Waals surface area contributed by atoms with E-state index in [0.29, 0.717) is 45.9 Å². The Bertz CT molecular complexity index is 1260. The van der Waals surface area contributed by atoms with Crippen molar-refractivity contribution in [3.63, 3.8) is 0 Å². The number of para-hydroxylation sites is 3. The first-order chi connectivity index (χ1) is 16.6. The van der Waals surface area contributed by atoms with E-state index in [4.69, 9.17) is 25.8 Å². The second-order valence-corrected chi connectivity index (χ2v) is 7.80. The van der Waals surface area contributed by atoms with Crippen molar-refractivity contribution in [2.24, 2.45) is 0 Å². The molecule has 0 aliphatic rings. The summed E-state index contributed by atoms with van der Waals surface area (Å²) in [6.45, 7) is 2.64. The maximum atomic E-state index is 13.1. The van der Waals surface area contributed by atoms with Gasteiger partial charge in [0.25, 0.3) is 5.91 Å². The lowest BCUT2D eigenvalue weighted by Crippen LogP contribution is -2.13. The Kier molecular flexibility index (Phi) is 7.68. The highest BCUT2D eigenvalue weighted by molar-refractivity contribution is 6.30. The molecule has 0 heterocycles. The van der Waals surface area contributed by atoms with Crippen molar-refractivity contribution in [1.29, 1.82) is 0 Å². The minimum atomic E-state index is -0.267. The van der Waals surface area contributed by atoms with Gasteiger partial charge in [0.2, 0.25) is 0 Å². The minimum absolute atomic E-state index is 0.227. The van der Waals surface area contributed by atoms with Crippen molar-refractivity contribution >= 4 is 23.2 Å². The van der Waals surface area contributed by atoms with Crippen molar-refractivity contribution in [3.05, 3.63) is 113 Å². The number of carbonyl (C=O) groups excluding carboxylic acids is 1. The second-order valence-electron chi connectivity index (χ2n) is 7.37. The van der Waals surface area contributed by atoms with Crippen LogP contribution in [0.5, 0.6) is 23.0 Å². The van der Waals surface area contributed by atoms with Crippen molar-refractivity contribution in [2.45, 2.75) is 13.5 Å². The largest absolute Gasteiger partial charge is 0.493 e. The smallest absolute Gasteiger partial charge is 0.255 e. The monoisotopic (exact) mass is 473 g/mol. The van der Waals surface area contributed by atoms with Crippen molar-refractivity contribution < 1.29 is 19.0 Å². The molecule has 0 atom stereocenters. The number of nitrogens with one attached hydrogen (secondary N) is 1. The van der Waals surface area contributed by atoms with E-state index in [9.17, 15) is 4.79 Å². The molecule has 34 heavy (non-hydrogen) atoms. The van der Waals surface area contributed by atoms with E-state index in [1.165, 1.54) is 0 Å². The van der Waals surface area contributed by atoms with Crippen molar-refractivity contribution in [3.8, 4) is 23.0 Å². The normalized spacial score (nSPS) is 10.4. The molecule has 0 fully saturated rings. The molecule has 1 amide bonds. The van der Waals surface area contributed by atoms with Crippen LogP contribution in [-0.4, -0.2) is 12.5 Å². The molecule has 4 rings (SSSR count). The zero-order chi connectivity index (χ0) is 23.8. The van der Waals surface area contributed by atoms with Crippen LogP contribution >= 0.6 is 11.6 Å². The predicted octanol–water partition coefficient (Wildman–Crippen LogP) is 7.36. The van der Waals surface area contributed by atoms with E-state index in [1.807, 2.05) is 67.6 Å². The number of rotatable bonds is 9. The fourth-order valence-corrected chi connectivity index (χ4v) is 3.50. The van der Waals surface area contributed by atoms with Gasteiger partial charge in [-0.3, -0.25) is 4.79 Å². The van der Waals surface area contributed by atoms with Gasteiger partial charge in [-0.2, -0.15) is 0 Å². The van der Waals surface area contributed by atoms with Crippen LogP contribution in [0.3, 0.4) is 0 Å². The Morgan fingerprint density at radius 3 is 2.35 bits per heavy atom. The molecule has 0 bridgehead atoms. The molecule has 172 valence electrons. The third-order valence-corrected chi connectivity index (χ3v) is 5.15. The lowest BCUT2D eigenvalue weighted by molar-refractivity contribution is 0.102. The van der Waals surface area contributed by atoms with Crippen molar-refractivity contribution in [2.75, 3.05) is 11.9 Å². The maximum Gasteiger partial charge on any atom is 0.255 e. The molecule has 0 saturated heterocycles. The summed E-state index contributed by atoms with van der Waals surface area (Å²) in [6, 6.07) is 29.2.